The summed E-state index contributed by atoms with van der Waals surface area (Å²) in [5.41, 5.74) is 0.479. The van der Waals surface area contributed by atoms with Gasteiger partial charge in [0.15, 0.2) is 0 Å². The summed E-state index contributed by atoms with van der Waals surface area (Å²) in [6.07, 6.45) is 6.61. The fourth-order valence-electron chi connectivity index (χ4n) is 2.32. The minimum Gasteiger partial charge on any atom is -0.444 e. The fraction of sp³-hybridized carbons (Fsp3) is 0.667. The third-order valence-corrected chi connectivity index (χ3v) is 3.37. The van der Waals surface area contributed by atoms with E-state index in [1.807, 2.05) is 20.8 Å². The summed E-state index contributed by atoms with van der Waals surface area (Å²) in [6, 6.07) is 0.736. The van der Waals surface area contributed by atoms with Crippen molar-refractivity contribution >= 4 is 6.09 Å². The van der Waals surface area contributed by atoms with Crippen LogP contribution in [0.4, 0.5) is 4.79 Å². The van der Waals surface area contributed by atoms with Crippen molar-refractivity contribution < 1.29 is 9.53 Å². The number of nitrogens with one attached hydrogen (secondary N) is 2. The van der Waals surface area contributed by atoms with Crippen LogP contribution in [0.25, 0.3) is 0 Å². The molecule has 0 saturated heterocycles. The van der Waals surface area contributed by atoms with Crippen LogP contribution >= 0.6 is 0 Å². The first-order chi connectivity index (χ1) is 9.83. The number of nitrogens with zero attached hydrogens (tertiary/aromatic N) is 2. The van der Waals surface area contributed by atoms with E-state index in [-0.39, 0.29) is 18.2 Å². The van der Waals surface area contributed by atoms with Gasteiger partial charge in [-0.3, -0.25) is 9.97 Å². The van der Waals surface area contributed by atoms with E-state index in [1.54, 1.807) is 18.6 Å². The lowest BCUT2D eigenvalue weighted by Gasteiger charge is -2.38. The van der Waals surface area contributed by atoms with Crippen molar-refractivity contribution in [3.63, 3.8) is 0 Å². The van der Waals surface area contributed by atoms with Crippen LogP contribution in [0, 0.1) is 0 Å². The lowest BCUT2D eigenvalue weighted by molar-refractivity contribution is 0.0463. The Morgan fingerprint density at radius 3 is 2.62 bits per heavy atom. The normalized spacial score (nSPS) is 23.0. The van der Waals surface area contributed by atoms with Gasteiger partial charge in [-0.1, -0.05) is 0 Å². The summed E-state index contributed by atoms with van der Waals surface area (Å²) in [6.45, 7) is 7.65. The molecule has 1 atom stereocenters. The summed E-state index contributed by atoms with van der Waals surface area (Å²) in [7, 11) is 0. The molecular weight excluding hydrogens is 268 g/mol. The molecule has 1 fully saturated rings. The standard InChI is InChI=1S/C15H24N4O2/c1-10(13-9-16-5-6-17-13)18-11-7-12(8-11)19-14(20)21-15(2,3)4/h5-6,9-12,18H,7-8H2,1-4H3,(H,19,20). The van der Waals surface area contributed by atoms with Crippen LogP contribution in [-0.2, 0) is 4.74 Å². The number of carbonyl (C=O) groups excluding carboxylic acids is 1. The lowest BCUT2D eigenvalue weighted by atomic mass is 9.86. The largest absolute Gasteiger partial charge is 0.444 e. The molecule has 1 aromatic heterocycles. The first-order valence-electron chi connectivity index (χ1n) is 7.35. The van der Waals surface area contributed by atoms with Gasteiger partial charge in [0.2, 0.25) is 0 Å². The van der Waals surface area contributed by atoms with E-state index >= 15 is 0 Å². The van der Waals surface area contributed by atoms with Gasteiger partial charge in [0.05, 0.1) is 5.69 Å². The van der Waals surface area contributed by atoms with Gasteiger partial charge >= 0.3 is 6.09 Å². The molecule has 1 aliphatic rings. The topological polar surface area (TPSA) is 76.1 Å². The first kappa shape index (κ1) is 15.7. The molecule has 21 heavy (non-hydrogen) atoms. The zero-order valence-corrected chi connectivity index (χ0v) is 13.1. The van der Waals surface area contributed by atoms with Crippen molar-refractivity contribution in [2.75, 3.05) is 0 Å². The number of hydrogen-bond donors (Lipinski definition) is 2. The molecule has 1 amide bonds. The van der Waals surface area contributed by atoms with Crippen LogP contribution in [0.5, 0.6) is 0 Å². The SMILES string of the molecule is CC(NC1CC(NC(=O)OC(C)(C)C)C1)c1cnccn1. The molecule has 1 aliphatic carbocycles. The second-order valence-corrected chi connectivity index (χ2v) is 6.53. The minimum absolute atomic E-state index is 0.158. The second-order valence-electron chi connectivity index (χ2n) is 6.53. The van der Waals surface area contributed by atoms with Crippen molar-refractivity contribution in [1.82, 2.24) is 20.6 Å². The quantitative estimate of drug-likeness (QED) is 0.889. The molecule has 1 saturated carbocycles. The van der Waals surface area contributed by atoms with Gasteiger partial charge in [0.25, 0.3) is 0 Å². The molecule has 6 nitrogen and oxygen atoms in total. The third kappa shape index (κ3) is 4.97. The monoisotopic (exact) mass is 292 g/mol. The Morgan fingerprint density at radius 1 is 1.33 bits per heavy atom. The van der Waals surface area contributed by atoms with E-state index < -0.39 is 5.60 Å². The van der Waals surface area contributed by atoms with Crippen LogP contribution in [0.3, 0.4) is 0 Å². The van der Waals surface area contributed by atoms with Gasteiger partial charge in [0, 0.05) is 36.7 Å². The average Bonchev–Trinajstić information content (AvgIpc) is 2.35. The molecular formula is C15H24N4O2. The Balaban J connectivity index is 1.69. The van der Waals surface area contributed by atoms with Crippen molar-refractivity contribution in [3.8, 4) is 0 Å². The first-order valence-corrected chi connectivity index (χ1v) is 7.35. The Hall–Kier alpha value is -1.69. The molecule has 0 aliphatic heterocycles. The van der Waals surface area contributed by atoms with Gasteiger partial charge in [-0.25, -0.2) is 4.79 Å². The zero-order valence-electron chi connectivity index (χ0n) is 13.1. The van der Waals surface area contributed by atoms with E-state index in [0.717, 1.165) is 18.5 Å². The number of alkyl carbamates (subject to hydrolysis) is 1. The molecule has 2 rings (SSSR count). The minimum atomic E-state index is -0.452. The number of rotatable bonds is 4. The molecule has 1 aromatic rings. The molecule has 1 unspecified atom stereocenters. The number of aromatic nitrogens is 2. The van der Waals surface area contributed by atoms with E-state index in [1.165, 1.54) is 0 Å². The smallest absolute Gasteiger partial charge is 0.407 e. The van der Waals surface area contributed by atoms with Gasteiger partial charge in [-0.15, -0.1) is 0 Å². The molecule has 116 valence electrons. The maximum atomic E-state index is 11.6. The zero-order chi connectivity index (χ0) is 15.5. The van der Waals surface area contributed by atoms with Gasteiger partial charge < -0.3 is 15.4 Å². The second kappa shape index (κ2) is 6.39. The van der Waals surface area contributed by atoms with Crippen LogP contribution in [0.15, 0.2) is 18.6 Å². The van der Waals surface area contributed by atoms with Crippen LogP contribution in [-0.4, -0.2) is 33.7 Å². The van der Waals surface area contributed by atoms with Crippen molar-refractivity contribution in [2.45, 2.75) is 64.3 Å². The van der Waals surface area contributed by atoms with Crippen molar-refractivity contribution in [1.29, 1.82) is 0 Å². The van der Waals surface area contributed by atoms with E-state index in [4.69, 9.17) is 4.74 Å². The maximum absolute atomic E-state index is 11.6. The van der Waals surface area contributed by atoms with Crippen LogP contribution < -0.4 is 10.6 Å². The average molecular weight is 292 g/mol. The van der Waals surface area contributed by atoms with Gasteiger partial charge in [-0.2, -0.15) is 0 Å². The maximum Gasteiger partial charge on any atom is 0.407 e. The van der Waals surface area contributed by atoms with Crippen LogP contribution in [0.2, 0.25) is 0 Å². The number of carbonyl (C=O) groups is 1. The Bertz CT molecular complexity index is 466. The molecule has 0 bridgehead atoms. The van der Waals surface area contributed by atoms with Gasteiger partial charge in [0.1, 0.15) is 5.60 Å². The predicted octanol–water partition coefficient (Wildman–Crippen LogP) is 2.18. The highest BCUT2D eigenvalue weighted by Crippen LogP contribution is 2.23. The number of amides is 1. The van der Waals surface area contributed by atoms with E-state index in [9.17, 15) is 4.79 Å². The number of hydrogen-bond acceptors (Lipinski definition) is 5. The highest BCUT2D eigenvalue weighted by molar-refractivity contribution is 5.68. The molecule has 2 N–H and O–H groups in total. The van der Waals surface area contributed by atoms with E-state index in [0.29, 0.717) is 6.04 Å². The van der Waals surface area contributed by atoms with Crippen LogP contribution in [0.1, 0.15) is 52.3 Å². The molecule has 0 radical (unpaired) electrons. The van der Waals surface area contributed by atoms with E-state index in [2.05, 4.69) is 27.5 Å². The van der Waals surface area contributed by atoms with Crippen molar-refractivity contribution in [2.24, 2.45) is 0 Å². The fourth-order valence-corrected chi connectivity index (χ4v) is 2.32. The molecule has 0 spiro atoms. The lowest BCUT2D eigenvalue weighted by Crippen LogP contribution is -2.53. The third-order valence-electron chi connectivity index (χ3n) is 3.37. The molecule has 6 heteroatoms. The highest BCUT2D eigenvalue weighted by atomic mass is 16.6. The molecule has 1 heterocycles. The summed E-state index contributed by atoms with van der Waals surface area (Å²) >= 11 is 0. The summed E-state index contributed by atoms with van der Waals surface area (Å²) in [5, 5.41) is 6.38. The Morgan fingerprint density at radius 2 is 2.05 bits per heavy atom. The highest BCUT2D eigenvalue weighted by Gasteiger charge is 2.32. The summed E-state index contributed by atoms with van der Waals surface area (Å²) in [4.78, 5) is 20.0. The molecule has 0 aromatic carbocycles. The Labute approximate surface area is 125 Å². The predicted molar refractivity (Wildman–Crippen MR) is 79.8 cm³/mol. The van der Waals surface area contributed by atoms with Crippen molar-refractivity contribution in [3.05, 3.63) is 24.3 Å². The summed E-state index contributed by atoms with van der Waals surface area (Å²) < 4.78 is 5.24. The Kier molecular flexibility index (Phi) is 4.77. The summed E-state index contributed by atoms with van der Waals surface area (Å²) in [5.74, 6) is 0. The van der Waals surface area contributed by atoms with Gasteiger partial charge in [-0.05, 0) is 40.5 Å². The number of ether oxygens (including phenoxy) is 1.